The van der Waals surface area contributed by atoms with E-state index < -0.39 is 0 Å². The third-order valence-corrected chi connectivity index (χ3v) is 6.66. The number of hydrogen-bond donors (Lipinski definition) is 2. The minimum absolute atomic E-state index is 0.0792. The van der Waals surface area contributed by atoms with Crippen molar-refractivity contribution in [2.75, 3.05) is 42.1 Å². The van der Waals surface area contributed by atoms with E-state index in [0.29, 0.717) is 26.2 Å². The van der Waals surface area contributed by atoms with E-state index in [1.54, 1.807) is 11.3 Å². The number of thiophene rings is 1. The molecule has 2 amide bonds. The quantitative estimate of drug-likeness (QED) is 0.482. The number of nitrogen functional groups attached to an aromatic ring is 1. The first kappa shape index (κ1) is 20.3. The maximum absolute atomic E-state index is 12.7. The van der Waals surface area contributed by atoms with Crippen LogP contribution in [0.5, 0.6) is 0 Å². The number of hydrogen-bond acceptors (Lipinski definition) is 6. The standard InChI is InChI=1S/C24H24N6OS/c1-16-6-5-9-18(14-16)26-24(31)30-12-10-29(11-13-30)21-19-15-20(17-7-3-2-4-8-17)32-22(19)28-23(25)27-21/h2-9,14-15H,10-13H2,1H3,(H,26,31)(H2,25,27,28). The van der Waals surface area contributed by atoms with Crippen LogP contribution in [0.2, 0.25) is 0 Å². The van der Waals surface area contributed by atoms with Gasteiger partial charge in [0.05, 0.1) is 5.39 Å². The van der Waals surface area contributed by atoms with Crippen molar-refractivity contribution in [3.05, 3.63) is 66.2 Å². The van der Waals surface area contributed by atoms with Gasteiger partial charge in [0.25, 0.3) is 0 Å². The lowest BCUT2D eigenvalue weighted by Gasteiger charge is -2.35. The predicted molar refractivity (Wildman–Crippen MR) is 131 cm³/mol. The van der Waals surface area contributed by atoms with Crippen molar-refractivity contribution in [1.29, 1.82) is 0 Å². The molecule has 2 aromatic carbocycles. The Morgan fingerprint density at radius 3 is 2.53 bits per heavy atom. The molecule has 1 fully saturated rings. The number of anilines is 3. The van der Waals surface area contributed by atoms with Gasteiger partial charge in [-0.2, -0.15) is 4.98 Å². The molecule has 7 nitrogen and oxygen atoms in total. The van der Waals surface area contributed by atoms with E-state index in [1.165, 1.54) is 0 Å². The lowest BCUT2D eigenvalue weighted by Crippen LogP contribution is -2.50. The molecule has 8 heteroatoms. The molecule has 4 aromatic rings. The number of amides is 2. The summed E-state index contributed by atoms with van der Waals surface area (Å²) in [6, 6.07) is 20.1. The summed E-state index contributed by atoms with van der Waals surface area (Å²) in [5.41, 5.74) is 9.12. The second-order valence-corrected chi connectivity index (χ2v) is 8.91. The molecular weight excluding hydrogens is 420 g/mol. The molecule has 1 aliphatic rings. The highest BCUT2D eigenvalue weighted by molar-refractivity contribution is 7.22. The van der Waals surface area contributed by atoms with Crippen LogP contribution in [0.25, 0.3) is 20.7 Å². The van der Waals surface area contributed by atoms with Crippen LogP contribution in [0.1, 0.15) is 5.56 Å². The zero-order valence-electron chi connectivity index (χ0n) is 17.8. The lowest BCUT2D eigenvalue weighted by molar-refractivity contribution is 0.208. The number of nitrogens with one attached hydrogen (secondary N) is 1. The molecule has 0 spiro atoms. The fourth-order valence-electron chi connectivity index (χ4n) is 3.95. The molecular formula is C24H24N6OS. The summed E-state index contributed by atoms with van der Waals surface area (Å²) in [4.78, 5) is 27.8. The zero-order valence-corrected chi connectivity index (χ0v) is 18.6. The van der Waals surface area contributed by atoms with Gasteiger partial charge >= 0.3 is 6.03 Å². The number of carbonyl (C=O) groups is 1. The monoisotopic (exact) mass is 444 g/mol. The van der Waals surface area contributed by atoms with E-state index in [1.807, 2.05) is 54.3 Å². The number of fused-ring (bicyclic) bond motifs is 1. The number of nitrogens with zero attached hydrogens (tertiary/aromatic N) is 4. The summed E-state index contributed by atoms with van der Waals surface area (Å²) in [5, 5.41) is 3.99. The first-order valence-electron chi connectivity index (χ1n) is 10.6. The van der Waals surface area contributed by atoms with Gasteiger partial charge in [-0.25, -0.2) is 9.78 Å². The Kier molecular flexibility index (Phi) is 5.36. The average Bonchev–Trinajstić information content (AvgIpc) is 3.23. The number of piperazine rings is 1. The normalized spacial score (nSPS) is 14.0. The van der Waals surface area contributed by atoms with E-state index in [4.69, 9.17) is 5.73 Å². The van der Waals surface area contributed by atoms with Gasteiger partial charge in [0.1, 0.15) is 10.6 Å². The van der Waals surface area contributed by atoms with Gasteiger partial charge in [-0.15, -0.1) is 11.3 Å². The van der Waals surface area contributed by atoms with Crippen LogP contribution in [0.4, 0.5) is 22.2 Å². The SMILES string of the molecule is Cc1cccc(NC(=O)N2CCN(c3nc(N)nc4sc(-c5ccccc5)cc34)CC2)c1. The predicted octanol–water partition coefficient (Wildman–Crippen LogP) is 4.60. The molecule has 2 aromatic heterocycles. The van der Waals surface area contributed by atoms with Gasteiger partial charge in [0, 0.05) is 36.7 Å². The minimum atomic E-state index is -0.0792. The molecule has 3 heterocycles. The van der Waals surface area contributed by atoms with Crippen LogP contribution >= 0.6 is 11.3 Å². The molecule has 1 aliphatic heterocycles. The first-order valence-corrected chi connectivity index (χ1v) is 11.4. The van der Waals surface area contributed by atoms with Crippen molar-refractivity contribution in [3.63, 3.8) is 0 Å². The minimum Gasteiger partial charge on any atom is -0.368 e. The van der Waals surface area contributed by atoms with Crippen LogP contribution in [0, 0.1) is 6.92 Å². The van der Waals surface area contributed by atoms with E-state index >= 15 is 0 Å². The molecule has 1 saturated heterocycles. The molecule has 0 unspecified atom stereocenters. The topological polar surface area (TPSA) is 87.4 Å². The largest absolute Gasteiger partial charge is 0.368 e. The van der Waals surface area contributed by atoms with Crippen molar-refractivity contribution in [2.45, 2.75) is 6.92 Å². The Morgan fingerprint density at radius 1 is 1.00 bits per heavy atom. The van der Waals surface area contributed by atoms with Gasteiger partial charge in [-0.05, 0) is 36.2 Å². The molecule has 3 N–H and O–H groups in total. The van der Waals surface area contributed by atoms with E-state index in [2.05, 4.69) is 38.4 Å². The van der Waals surface area contributed by atoms with Gasteiger partial charge in [-0.3, -0.25) is 0 Å². The first-order chi connectivity index (χ1) is 15.6. The average molecular weight is 445 g/mol. The number of rotatable bonds is 3. The number of aromatic nitrogens is 2. The second-order valence-electron chi connectivity index (χ2n) is 7.87. The van der Waals surface area contributed by atoms with Gasteiger partial charge < -0.3 is 20.9 Å². The smallest absolute Gasteiger partial charge is 0.321 e. The summed E-state index contributed by atoms with van der Waals surface area (Å²) in [7, 11) is 0. The fraction of sp³-hybridized carbons (Fsp3) is 0.208. The van der Waals surface area contributed by atoms with Gasteiger partial charge in [0.2, 0.25) is 5.95 Å². The number of nitrogens with two attached hydrogens (primary N) is 1. The maximum atomic E-state index is 12.7. The highest BCUT2D eigenvalue weighted by atomic mass is 32.1. The van der Waals surface area contributed by atoms with E-state index in [9.17, 15) is 4.79 Å². The fourth-order valence-corrected chi connectivity index (χ4v) is 4.99. The van der Waals surface area contributed by atoms with Gasteiger partial charge in [-0.1, -0.05) is 42.5 Å². The molecule has 162 valence electrons. The van der Waals surface area contributed by atoms with E-state index in [-0.39, 0.29) is 12.0 Å². The van der Waals surface area contributed by atoms with Crippen molar-refractivity contribution in [2.24, 2.45) is 0 Å². The summed E-state index contributed by atoms with van der Waals surface area (Å²) in [5.74, 6) is 1.11. The Balaban J connectivity index is 1.33. The molecule has 0 atom stereocenters. The summed E-state index contributed by atoms with van der Waals surface area (Å²) < 4.78 is 0. The maximum Gasteiger partial charge on any atom is 0.321 e. The second kappa shape index (κ2) is 8.47. The van der Waals surface area contributed by atoms with Crippen molar-refractivity contribution >= 4 is 45.0 Å². The summed E-state index contributed by atoms with van der Waals surface area (Å²) >= 11 is 1.62. The van der Waals surface area contributed by atoms with Gasteiger partial charge in [0.15, 0.2) is 0 Å². The summed E-state index contributed by atoms with van der Waals surface area (Å²) in [6.07, 6.45) is 0. The molecule has 5 rings (SSSR count). The molecule has 32 heavy (non-hydrogen) atoms. The van der Waals surface area contributed by atoms with Crippen LogP contribution in [0.15, 0.2) is 60.7 Å². The Bertz CT molecular complexity index is 1260. The Labute approximate surface area is 190 Å². The highest BCUT2D eigenvalue weighted by Crippen LogP contribution is 2.37. The van der Waals surface area contributed by atoms with Crippen LogP contribution in [-0.4, -0.2) is 47.1 Å². The lowest BCUT2D eigenvalue weighted by atomic mass is 10.2. The van der Waals surface area contributed by atoms with E-state index in [0.717, 1.165) is 37.7 Å². The third-order valence-electron chi connectivity index (χ3n) is 5.58. The van der Waals surface area contributed by atoms with Crippen LogP contribution in [-0.2, 0) is 0 Å². The number of carbonyl (C=O) groups excluding carboxylic acids is 1. The molecule has 0 bridgehead atoms. The molecule has 0 radical (unpaired) electrons. The summed E-state index contributed by atoms with van der Waals surface area (Å²) in [6.45, 7) is 4.60. The number of urea groups is 1. The van der Waals surface area contributed by atoms with Crippen molar-refractivity contribution in [3.8, 4) is 10.4 Å². The Hall–Kier alpha value is -3.65. The number of benzene rings is 2. The Morgan fingerprint density at radius 2 is 1.78 bits per heavy atom. The van der Waals surface area contributed by atoms with Crippen molar-refractivity contribution in [1.82, 2.24) is 14.9 Å². The molecule has 0 aliphatic carbocycles. The highest BCUT2D eigenvalue weighted by Gasteiger charge is 2.24. The molecule has 0 saturated carbocycles. The third kappa shape index (κ3) is 4.09. The zero-order chi connectivity index (χ0) is 22.1. The number of aryl methyl sites for hydroxylation is 1. The van der Waals surface area contributed by atoms with Crippen LogP contribution < -0.4 is 16.0 Å². The van der Waals surface area contributed by atoms with Crippen molar-refractivity contribution < 1.29 is 4.79 Å². The van der Waals surface area contributed by atoms with Crippen LogP contribution in [0.3, 0.4) is 0 Å².